The maximum atomic E-state index is 13.4. The number of hydrogen-bond donors (Lipinski definition) is 5. The predicted molar refractivity (Wildman–Crippen MR) is 167 cm³/mol. The fourth-order valence-corrected chi connectivity index (χ4v) is 4.12. The van der Waals surface area contributed by atoms with Gasteiger partial charge in [0.1, 0.15) is 0 Å². The Balaban J connectivity index is 2.45. The van der Waals surface area contributed by atoms with Gasteiger partial charge in [-0.05, 0) is 75.2 Å². The summed E-state index contributed by atoms with van der Waals surface area (Å²) >= 11 is 1.45. The monoisotopic (exact) mass is 553 g/mol. The van der Waals surface area contributed by atoms with Crippen LogP contribution in [0.1, 0.15) is 63.0 Å². The largest absolute Gasteiger partial charge is 0.492 e. The molecule has 39 heavy (non-hydrogen) atoms. The Morgan fingerprint density at radius 3 is 2.31 bits per heavy atom. The number of hydrazine groups is 1. The third-order valence-corrected chi connectivity index (χ3v) is 6.11. The molecule has 2 rings (SSSR count). The van der Waals surface area contributed by atoms with Crippen LogP contribution in [0.3, 0.4) is 0 Å². The lowest BCUT2D eigenvalue weighted by molar-refractivity contribution is 0.102. The highest BCUT2D eigenvalue weighted by atomic mass is 32.2. The zero-order valence-electron chi connectivity index (χ0n) is 24.5. The van der Waals surface area contributed by atoms with E-state index in [0.717, 1.165) is 16.8 Å². The first-order valence-corrected chi connectivity index (χ1v) is 13.7. The van der Waals surface area contributed by atoms with Gasteiger partial charge in [0, 0.05) is 23.6 Å². The number of aryl methyl sites for hydroxylation is 1. The van der Waals surface area contributed by atoms with Gasteiger partial charge in [-0.2, -0.15) is 0 Å². The summed E-state index contributed by atoms with van der Waals surface area (Å²) in [5.41, 5.74) is 11.2. The molecule has 0 bridgehead atoms. The number of benzene rings is 2. The molecular weight excluding hydrogens is 510 g/mol. The number of nitrogens with one attached hydrogen (secondary N) is 3. The molecule has 0 atom stereocenters. The van der Waals surface area contributed by atoms with Crippen LogP contribution >= 0.6 is 11.9 Å². The summed E-state index contributed by atoms with van der Waals surface area (Å²) < 4.78 is 8.92. The molecule has 212 valence electrons. The third kappa shape index (κ3) is 8.69. The molecule has 0 unspecified atom stereocenters. The molecule has 0 saturated heterocycles. The van der Waals surface area contributed by atoms with E-state index in [1.807, 2.05) is 52.1 Å². The Labute approximate surface area is 237 Å². The fraction of sp³-hybridized carbons (Fsp3) is 0.379. The van der Waals surface area contributed by atoms with Crippen molar-refractivity contribution in [3.05, 3.63) is 70.8 Å². The van der Waals surface area contributed by atoms with E-state index in [1.54, 1.807) is 31.6 Å². The number of hydrogen-bond acceptors (Lipinski definition) is 9. The Kier molecular flexibility index (Phi) is 10.5. The smallest absolute Gasteiger partial charge is 0.255 e. The summed E-state index contributed by atoms with van der Waals surface area (Å²) in [7, 11) is 1.58. The van der Waals surface area contributed by atoms with Crippen LogP contribution in [0.2, 0.25) is 0 Å². The Bertz CT molecular complexity index is 1260. The number of aliphatic imine (C=N–C) groups is 1. The van der Waals surface area contributed by atoms with Crippen LogP contribution in [-0.2, 0) is 5.41 Å². The van der Waals surface area contributed by atoms with Crippen LogP contribution in [0.4, 0.5) is 17.1 Å². The lowest BCUT2D eigenvalue weighted by Crippen LogP contribution is -2.37. The van der Waals surface area contributed by atoms with Gasteiger partial charge < -0.3 is 25.8 Å². The summed E-state index contributed by atoms with van der Waals surface area (Å²) in [6.07, 6.45) is 5.05. The molecule has 9 nitrogen and oxygen atoms in total. The molecule has 7 N–H and O–H groups in total. The fourth-order valence-electron chi connectivity index (χ4n) is 3.75. The quantitative estimate of drug-likeness (QED) is 0.0839. The van der Waals surface area contributed by atoms with Gasteiger partial charge in [0.2, 0.25) is 0 Å². The van der Waals surface area contributed by atoms with Crippen molar-refractivity contribution in [2.45, 2.75) is 59.4 Å². The van der Waals surface area contributed by atoms with E-state index in [1.165, 1.54) is 17.0 Å². The van der Waals surface area contributed by atoms with Crippen molar-refractivity contribution in [2.24, 2.45) is 16.6 Å². The molecule has 0 radical (unpaired) electrons. The van der Waals surface area contributed by atoms with E-state index < -0.39 is 0 Å². The number of carbonyl (C=O) groups is 1. The number of anilines is 3. The SMILES string of the molecule is C=N/C=C(NC(C)(C)C)/C(N)=C/N(N)c1cc(C(=O)Nc2cc(C(C)(C)C)cc(NSC)c2OC)ccc1C. The van der Waals surface area contributed by atoms with E-state index in [0.29, 0.717) is 34.1 Å². The standard InChI is InChI=1S/C29H43N7O2S/c1-18-11-12-19(13-25(18)36(31)17-21(30)24(16-32-8)34-29(5,6)7)27(37)33-22-14-20(28(2,3)4)15-23(35-39-10)26(22)38-9/h11-17,34-35H,8,30-31H2,1-7,9-10H3,(H,33,37)/b21-17-,24-16-. The highest BCUT2D eigenvalue weighted by molar-refractivity contribution is 7.99. The van der Waals surface area contributed by atoms with E-state index >= 15 is 0 Å². The van der Waals surface area contributed by atoms with Crippen molar-refractivity contribution in [3.63, 3.8) is 0 Å². The summed E-state index contributed by atoms with van der Waals surface area (Å²) in [5.74, 6) is 6.65. The van der Waals surface area contributed by atoms with Gasteiger partial charge in [-0.25, -0.2) is 5.84 Å². The van der Waals surface area contributed by atoms with Crippen LogP contribution in [0, 0.1) is 6.92 Å². The number of methoxy groups -OCH3 is 1. The summed E-state index contributed by atoms with van der Waals surface area (Å²) in [5, 5.41) is 7.71. The minimum absolute atomic E-state index is 0.139. The summed E-state index contributed by atoms with van der Waals surface area (Å²) in [4.78, 5) is 17.3. The maximum Gasteiger partial charge on any atom is 0.255 e. The first-order valence-electron chi connectivity index (χ1n) is 12.5. The Morgan fingerprint density at radius 1 is 1.13 bits per heavy atom. The molecule has 10 heteroatoms. The van der Waals surface area contributed by atoms with Gasteiger partial charge in [-0.15, -0.1) is 0 Å². The van der Waals surface area contributed by atoms with Gasteiger partial charge in [0.25, 0.3) is 5.91 Å². The van der Waals surface area contributed by atoms with Crippen LogP contribution in [0.5, 0.6) is 5.75 Å². The van der Waals surface area contributed by atoms with E-state index in [-0.39, 0.29) is 16.9 Å². The van der Waals surface area contributed by atoms with Gasteiger partial charge in [-0.3, -0.25) is 14.8 Å². The maximum absolute atomic E-state index is 13.4. The predicted octanol–water partition coefficient (Wildman–Crippen LogP) is 5.65. The zero-order chi connectivity index (χ0) is 29.5. The molecule has 2 aromatic rings. The summed E-state index contributed by atoms with van der Waals surface area (Å²) in [6.45, 7) is 17.8. The zero-order valence-corrected chi connectivity index (χ0v) is 25.3. The van der Waals surface area contributed by atoms with Crippen molar-refractivity contribution in [3.8, 4) is 5.75 Å². The first kappa shape index (κ1) is 31.6. The number of ether oxygens (including phenoxy) is 1. The minimum Gasteiger partial charge on any atom is -0.492 e. The lowest BCUT2D eigenvalue weighted by atomic mass is 9.86. The second-order valence-corrected chi connectivity index (χ2v) is 11.8. The van der Waals surface area contributed by atoms with E-state index in [4.69, 9.17) is 16.3 Å². The molecule has 0 heterocycles. The minimum atomic E-state index is -0.299. The van der Waals surface area contributed by atoms with E-state index in [9.17, 15) is 4.79 Å². The highest BCUT2D eigenvalue weighted by Gasteiger charge is 2.22. The van der Waals surface area contributed by atoms with Crippen molar-refractivity contribution in [1.29, 1.82) is 0 Å². The molecule has 0 fully saturated rings. The average molecular weight is 554 g/mol. The Hall–Kier alpha value is -3.63. The van der Waals surface area contributed by atoms with Gasteiger partial charge in [-0.1, -0.05) is 38.8 Å². The van der Waals surface area contributed by atoms with Gasteiger partial charge >= 0.3 is 0 Å². The second kappa shape index (κ2) is 12.9. The highest BCUT2D eigenvalue weighted by Crippen LogP contribution is 2.39. The molecule has 0 aliphatic carbocycles. The summed E-state index contributed by atoms with van der Waals surface area (Å²) in [6, 6.07) is 9.30. The molecule has 0 aromatic heterocycles. The lowest BCUT2D eigenvalue weighted by Gasteiger charge is -2.25. The van der Waals surface area contributed by atoms with Gasteiger partial charge in [0.15, 0.2) is 5.75 Å². The molecule has 2 aromatic carbocycles. The Morgan fingerprint density at radius 2 is 1.77 bits per heavy atom. The molecular formula is C29H43N7O2S. The number of nitrogens with two attached hydrogens (primary N) is 2. The molecule has 0 aliphatic heterocycles. The van der Waals surface area contributed by atoms with E-state index in [2.05, 4.69) is 47.8 Å². The van der Waals surface area contributed by atoms with Crippen molar-refractivity contribution in [1.82, 2.24) is 5.32 Å². The second-order valence-electron chi connectivity index (χ2n) is 11.2. The number of nitrogens with zero attached hydrogens (tertiary/aromatic N) is 2. The number of rotatable bonds is 10. The van der Waals surface area contributed by atoms with Crippen LogP contribution < -0.4 is 36.7 Å². The van der Waals surface area contributed by atoms with Crippen LogP contribution in [-0.4, -0.2) is 31.5 Å². The normalized spacial score (nSPS) is 12.6. The van der Waals surface area contributed by atoms with Gasteiger partial charge in [0.05, 0.1) is 41.8 Å². The van der Waals surface area contributed by atoms with Crippen LogP contribution in [0.25, 0.3) is 0 Å². The number of amides is 1. The molecule has 0 saturated carbocycles. The third-order valence-electron chi connectivity index (χ3n) is 5.69. The van der Waals surface area contributed by atoms with Crippen LogP contribution in [0.15, 0.2) is 59.1 Å². The van der Waals surface area contributed by atoms with Crippen molar-refractivity contribution < 1.29 is 9.53 Å². The molecule has 1 amide bonds. The average Bonchev–Trinajstić information content (AvgIpc) is 2.82. The molecule has 0 spiro atoms. The first-order chi connectivity index (χ1) is 18.1. The van der Waals surface area contributed by atoms with Crippen molar-refractivity contribution in [2.75, 3.05) is 28.4 Å². The van der Waals surface area contributed by atoms with Crippen molar-refractivity contribution >= 4 is 41.6 Å². The molecule has 0 aliphatic rings. The number of carbonyl (C=O) groups excluding carboxylic acids is 1. The topological polar surface area (TPSA) is 130 Å².